The van der Waals surface area contributed by atoms with Crippen LogP contribution < -0.4 is 9.80 Å². The fourth-order valence-electron chi connectivity index (χ4n) is 8.41. The number of fused-ring (bicyclic) bond motifs is 4. The molecule has 7 aromatic rings. The van der Waals surface area contributed by atoms with E-state index in [4.69, 9.17) is 0 Å². The maximum absolute atomic E-state index is 2.45. The number of rotatable bonds is 4. The van der Waals surface area contributed by atoms with Gasteiger partial charge in [-0.25, -0.2) is 0 Å². The standard InChI is InChI=1S/C46H36N2/c1-45(33-18-5-3-6-19-33)37-24-9-13-28-41(37)47(42-29-14-10-25-38(42)45)35-22-17-23-36(32-35)48-43-30-15-11-26-39(43)46(2,34-20-7-4-8-21-34)40-27-12-16-31-44(40)48/h3-32H,1-2H3. The molecule has 0 atom stereocenters. The van der Waals surface area contributed by atoms with Gasteiger partial charge in [0.05, 0.1) is 22.7 Å². The Hall–Kier alpha value is -5.86. The lowest BCUT2D eigenvalue weighted by Gasteiger charge is -2.45. The van der Waals surface area contributed by atoms with Crippen LogP contribution in [-0.2, 0) is 10.8 Å². The molecule has 0 saturated carbocycles. The monoisotopic (exact) mass is 616 g/mol. The highest BCUT2D eigenvalue weighted by Gasteiger charge is 2.43. The maximum atomic E-state index is 2.45. The second kappa shape index (κ2) is 10.9. The Morgan fingerprint density at radius 3 is 0.938 bits per heavy atom. The number of hydrogen-bond donors (Lipinski definition) is 0. The Bertz CT molecular complexity index is 2030. The minimum absolute atomic E-state index is 0.296. The summed E-state index contributed by atoms with van der Waals surface area (Å²) in [6.45, 7) is 4.75. The zero-order valence-electron chi connectivity index (χ0n) is 27.2. The van der Waals surface area contributed by atoms with E-state index in [1.807, 2.05) is 0 Å². The van der Waals surface area contributed by atoms with Crippen LogP contribution >= 0.6 is 0 Å². The summed E-state index contributed by atoms with van der Waals surface area (Å²) in [5, 5.41) is 0. The number of benzene rings is 7. The molecule has 2 aliphatic heterocycles. The van der Waals surface area contributed by atoms with E-state index in [9.17, 15) is 0 Å². The predicted molar refractivity (Wildman–Crippen MR) is 200 cm³/mol. The molecule has 0 radical (unpaired) electrons. The zero-order chi connectivity index (χ0) is 32.3. The highest BCUT2D eigenvalue weighted by Crippen LogP contribution is 2.57. The molecule has 0 unspecified atom stereocenters. The van der Waals surface area contributed by atoms with Gasteiger partial charge < -0.3 is 9.80 Å². The molecule has 0 aliphatic carbocycles. The van der Waals surface area contributed by atoms with Gasteiger partial charge in [0.15, 0.2) is 0 Å². The molecule has 2 heteroatoms. The predicted octanol–water partition coefficient (Wildman–Crippen LogP) is 12.0. The smallest absolute Gasteiger partial charge is 0.0506 e. The van der Waals surface area contributed by atoms with Crippen LogP contribution in [0.2, 0.25) is 0 Å². The summed E-state index contributed by atoms with van der Waals surface area (Å²) in [6.07, 6.45) is 0. The first-order chi connectivity index (χ1) is 23.6. The van der Waals surface area contributed by atoms with Crippen LogP contribution in [0.4, 0.5) is 34.1 Å². The summed E-state index contributed by atoms with van der Waals surface area (Å²) >= 11 is 0. The van der Waals surface area contributed by atoms with E-state index in [1.54, 1.807) is 0 Å². The molecular weight excluding hydrogens is 581 g/mol. The average molecular weight is 617 g/mol. The molecule has 2 aliphatic rings. The minimum atomic E-state index is -0.296. The van der Waals surface area contributed by atoms with Crippen molar-refractivity contribution < 1.29 is 0 Å². The van der Waals surface area contributed by atoms with E-state index in [1.165, 1.54) is 56.1 Å². The van der Waals surface area contributed by atoms with Gasteiger partial charge in [-0.05, 0) is 89.7 Å². The molecule has 0 amide bonds. The quantitative estimate of drug-likeness (QED) is 0.194. The van der Waals surface area contributed by atoms with Gasteiger partial charge in [0.1, 0.15) is 0 Å². The molecule has 0 aromatic heterocycles. The normalized spacial score (nSPS) is 15.1. The van der Waals surface area contributed by atoms with Crippen molar-refractivity contribution in [2.45, 2.75) is 24.7 Å². The van der Waals surface area contributed by atoms with Crippen molar-refractivity contribution in [3.63, 3.8) is 0 Å². The van der Waals surface area contributed by atoms with Crippen molar-refractivity contribution in [3.8, 4) is 0 Å². The first-order valence-electron chi connectivity index (χ1n) is 16.8. The maximum Gasteiger partial charge on any atom is 0.0506 e. The van der Waals surface area contributed by atoms with Crippen LogP contribution in [0.25, 0.3) is 0 Å². The molecule has 7 aromatic carbocycles. The molecular formula is C46H36N2. The van der Waals surface area contributed by atoms with Gasteiger partial charge in [0.25, 0.3) is 0 Å². The molecule has 2 nitrogen and oxygen atoms in total. The van der Waals surface area contributed by atoms with Gasteiger partial charge >= 0.3 is 0 Å². The highest BCUT2D eigenvalue weighted by molar-refractivity contribution is 5.91. The van der Waals surface area contributed by atoms with Gasteiger partial charge in [0, 0.05) is 22.2 Å². The fourth-order valence-corrected chi connectivity index (χ4v) is 8.41. The molecule has 230 valence electrons. The van der Waals surface area contributed by atoms with Crippen LogP contribution in [0.3, 0.4) is 0 Å². The minimum Gasteiger partial charge on any atom is -0.310 e. The molecule has 2 heterocycles. The molecule has 9 rings (SSSR count). The Labute approximate surface area is 283 Å². The Morgan fingerprint density at radius 1 is 0.312 bits per heavy atom. The summed E-state index contributed by atoms with van der Waals surface area (Å²) in [5.74, 6) is 0. The first kappa shape index (κ1) is 28.4. The molecule has 0 N–H and O–H groups in total. The van der Waals surface area contributed by atoms with Gasteiger partial charge in [0.2, 0.25) is 0 Å². The van der Waals surface area contributed by atoms with E-state index >= 15 is 0 Å². The second-order valence-electron chi connectivity index (χ2n) is 13.2. The topological polar surface area (TPSA) is 6.48 Å². The Kier molecular flexibility index (Phi) is 6.42. The number of anilines is 6. The summed E-state index contributed by atoms with van der Waals surface area (Å²) in [5.41, 5.74) is 14.3. The first-order valence-corrected chi connectivity index (χ1v) is 16.8. The van der Waals surface area contributed by atoms with E-state index in [0.717, 1.165) is 11.4 Å². The van der Waals surface area contributed by atoms with Gasteiger partial charge in [-0.3, -0.25) is 0 Å². The van der Waals surface area contributed by atoms with E-state index in [-0.39, 0.29) is 10.8 Å². The third kappa shape index (κ3) is 3.99. The lowest BCUT2D eigenvalue weighted by Crippen LogP contribution is -2.34. The van der Waals surface area contributed by atoms with Gasteiger partial charge in [-0.1, -0.05) is 140 Å². The van der Waals surface area contributed by atoms with Crippen molar-refractivity contribution in [1.29, 1.82) is 0 Å². The van der Waals surface area contributed by atoms with E-state index in [2.05, 4.69) is 206 Å². The van der Waals surface area contributed by atoms with Crippen molar-refractivity contribution in [2.24, 2.45) is 0 Å². The molecule has 0 saturated heterocycles. The fraction of sp³-hybridized carbons (Fsp3) is 0.0870. The summed E-state index contributed by atoms with van der Waals surface area (Å²) in [7, 11) is 0. The molecule has 0 bridgehead atoms. The summed E-state index contributed by atoms with van der Waals surface area (Å²) in [4.78, 5) is 4.91. The third-order valence-corrected chi connectivity index (χ3v) is 10.8. The summed E-state index contributed by atoms with van der Waals surface area (Å²) < 4.78 is 0. The number of nitrogens with zero attached hydrogens (tertiary/aromatic N) is 2. The van der Waals surface area contributed by atoms with Crippen molar-refractivity contribution in [2.75, 3.05) is 9.80 Å². The SMILES string of the molecule is CC1(c2ccccc2)c2ccccc2N(c2cccc(N3c4ccccc4C(C)(c4ccccc4)c4ccccc43)c2)c2ccccc21. The summed E-state index contributed by atoms with van der Waals surface area (Å²) in [6, 6.07) is 66.6. The zero-order valence-corrected chi connectivity index (χ0v) is 27.2. The van der Waals surface area contributed by atoms with Crippen molar-refractivity contribution >= 4 is 34.1 Å². The third-order valence-electron chi connectivity index (χ3n) is 10.8. The lowest BCUT2D eigenvalue weighted by atomic mass is 9.67. The van der Waals surface area contributed by atoms with Crippen LogP contribution in [-0.4, -0.2) is 0 Å². The molecule has 48 heavy (non-hydrogen) atoms. The lowest BCUT2D eigenvalue weighted by molar-refractivity contribution is 0.681. The van der Waals surface area contributed by atoms with Crippen LogP contribution in [0.1, 0.15) is 47.2 Å². The van der Waals surface area contributed by atoms with Crippen molar-refractivity contribution in [3.05, 3.63) is 215 Å². The highest BCUT2D eigenvalue weighted by atomic mass is 15.2. The largest absolute Gasteiger partial charge is 0.310 e. The number of para-hydroxylation sites is 4. The Morgan fingerprint density at radius 2 is 0.604 bits per heavy atom. The van der Waals surface area contributed by atoms with Gasteiger partial charge in [-0.2, -0.15) is 0 Å². The van der Waals surface area contributed by atoms with Crippen LogP contribution in [0, 0.1) is 0 Å². The van der Waals surface area contributed by atoms with Gasteiger partial charge in [-0.15, -0.1) is 0 Å². The second-order valence-corrected chi connectivity index (χ2v) is 13.2. The Balaban J connectivity index is 1.24. The van der Waals surface area contributed by atoms with E-state index < -0.39 is 0 Å². The van der Waals surface area contributed by atoms with Crippen LogP contribution in [0.5, 0.6) is 0 Å². The van der Waals surface area contributed by atoms with E-state index in [0.29, 0.717) is 0 Å². The van der Waals surface area contributed by atoms with Crippen molar-refractivity contribution in [1.82, 2.24) is 0 Å². The molecule has 0 spiro atoms. The number of hydrogen-bond acceptors (Lipinski definition) is 2. The molecule has 0 fully saturated rings. The average Bonchev–Trinajstić information content (AvgIpc) is 3.16. The van der Waals surface area contributed by atoms with Crippen LogP contribution in [0.15, 0.2) is 182 Å².